The highest BCUT2D eigenvalue weighted by atomic mass is 19.4. The molecule has 0 radical (unpaired) electrons. The maximum absolute atomic E-state index is 12.3. The number of nitrogens with zero attached hydrogens (tertiary/aromatic N) is 1. The molecular formula is C11H17F3N2O3. The van der Waals surface area contributed by atoms with Gasteiger partial charge >= 0.3 is 6.18 Å². The van der Waals surface area contributed by atoms with Crippen LogP contribution in [0.4, 0.5) is 13.2 Å². The molecule has 0 aliphatic carbocycles. The minimum Gasteiger partial charge on any atom is -0.382 e. The number of likely N-dealkylation sites (N-methyl/N-ethyl adjacent to an activating group) is 1. The first-order valence-electron chi connectivity index (χ1n) is 5.85. The second-order valence-corrected chi connectivity index (χ2v) is 4.48. The second-order valence-electron chi connectivity index (χ2n) is 4.48. The van der Waals surface area contributed by atoms with Crippen molar-refractivity contribution in [3.63, 3.8) is 0 Å². The number of halogens is 3. The molecule has 5 nitrogen and oxygen atoms in total. The molecule has 0 bridgehead atoms. The Hall–Kier alpha value is -1.31. The van der Waals surface area contributed by atoms with Crippen molar-refractivity contribution >= 4 is 11.8 Å². The van der Waals surface area contributed by atoms with Gasteiger partial charge in [0.1, 0.15) is 12.0 Å². The van der Waals surface area contributed by atoms with Gasteiger partial charge in [-0.2, -0.15) is 13.2 Å². The number of amides is 2. The van der Waals surface area contributed by atoms with Gasteiger partial charge in [0.05, 0.1) is 6.61 Å². The predicted octanol–water partition coefficient (Wildman–Crippen LogP) is 0.692. The SMILES string of the molecule is CNC(=O)C1(COC)CCCN1C(=O)CC(F)(F)F. The number of carbonyl (C=O) groups excluding carboxylic acids is 2. The van der Waals surface area contributed by atoms with E-state index in [9.17, 15) is 22.8 Å². The summed E-state index contributed by atoms with van der Waals surface area (Å²) in [5.74, 6) is -1.59. The van der Waals surface area contributed by atoms with Gasteiger partial charge in [-0.3, -0.25) is 9.59 Å². The van der Waals surface area contributed by atoms with E-state index in [2.05, 4.69) is 5.32 Å². The molecule has 1 rings (SSSR count). The number of carbonyl (C=O) groups is 2. The van der Waals surface area contributed by atoms with Crippen molar-refractivity contribution in [3.05, 3.63) is 0 Å². The van der Waals surface area contributed by atoms with E-state index in [1.807, 2.05) is 0 Å². The van der Waals surface area contributed by atoms with Crippen LogP contribution < -0.4 is 5.32 Å². The van der Waals surface area contributed by atoms with Crippen molar-refractivity contribution in [1.29, 1.82) is 0 Å². The Balaban J connectivity index is 2.96. The van der Waals surface area contributed by atoms with Crippen LogP contribution in [0.3, 0.4) is 0 Å². The molecule has 1 fully saturated rings. The summed E-state index contributed by atoms with van der Waals surface area (Å²) in [7, 11) is 2.72. The van der Waals surface area contributed by atoms with Crippen LogP contribution in [0.25, 0.3) is 0 Å². The van der Waals surface area contributed by atoms with E-state index in [0.717, 1.165) is 4.90 Å². The summed E-state index contributed by atoms with van der Waals surface area (Å²) in [4.78, 5) is 24.7. The largest absolute Gasteiger partial charge is 0.397 e. The second kappa shape index (κ2) is 5.77. The summed E-state index contributed by atoms with van der Waals surface area (Å²) in [6.07, 6.45) is -5.37. The van der Waals surface area contributed by atoms with Crippen molar-refractivity contribution in [1.82, 2.24) is 10.2 Å². The van der Waals surface area contributed by atoms with Crippen molar-refractivity contribution in [2.75, 3.05) is 27.3 Å². The number of methoxy groups -OCH3 is 1. The Kier molecular flexibility index (Phi) is 4.78. The zero-order valence-corrected chi connectivity index (χ0v) is 10.8. The number of hydrogen-bond donors (Lipinski definition) is 1. The van der Waals surface area contributed by atoms with Gasteiger partial charge in [0.15, 0.2) is 0 Å². The maximum atomic E-state index is 12.3. The van der Waals surface area contributed by atoms with Crippen LogP contribution in [0.1, 0.15) is 19.3 Å². The number of rotatable bonds is 4. The first kappa shape index (κ1) is 15.7. The summed E-state index contributed by atoms with van der Waals surface area (Å²) < 4.78 is 41.8. The number of likely N-dealkylation sites (tertiary alicyclic amines) is 1. The lowest BCUT2D eigenvalue weighted by Gasteiger charge is -2.36. The molecule has 1 unspecified atom stereocenters. The summed E-state index contributed by atoms with van der Waals surface area (Å²) in [5.41, 5.74) is -1.33. The molecule has 19 heavy (non-hydrogen) atoms. The van der Waals surface area contributed by atoms with E-state index in [1.54, 1.807) is 0 Å². The van der Waals surface area contributed by atoms with Crippen molar-refractivity contribution in [2.45, 2.75) is 31.0 Å². The third-order valence-corrected chi connectivity index (χ3v) is 3.17. The fraction of sp³-hybridized carbons (Fsp3) is 0.818. The van der Waals surface area contributed by atoms with E-state index < -0.39 is 30.0 Å². The summed E-state index contributed by atoms with van der Waals surface area (Å²) >= 11 is 0. The number of ether oxygens (including phenoxy) is 1. The molecule has 1 atom stereocenters. The Bertz CT molecular complexity index is 360. The highest BCUT2D eigenvalue weighted by molar-refractivity contribution is 5.92. The highest BCUT2D eigenvalue weighted by Crippen LogP contribution is 2.32. The minimum atomic E-state index is -4.58. The molecule has 1 N–H and O–H groups in total. The van der Waals surface area contributed by atoms with E-state index in [0.29, 0.717) is 12.8 Å². The number of alkyl halides is 3. The van der Waals surface area contributed by atoms with Crippen LogP contribution in [0.2, 0.25) is 0 Å². The molecule has 1 heterocycles. The molecule has 0 spiro atoms. The summed E-state index contributed by atoms with van der Waals surface area (Å²) in [6, 6.07) is 0. The molecule has 2 amide bonds. The summed E-state index contributed by atoms with van der Waals surface area (Å²) in [5, 5.41) is 2.39. The van der Waals surface area contributed by atoms with Crippen molar-refractivity contribution in [3.8, 4) is 0 Å². The average molecular weight is 282 g/mol. The van der Waals surface area contributed by atoms with Crippen LogP contribution in [-0.4, -0.2) is 55.7 Å². The molecule has 110 valence electrons. The molecule has 0 aromatic carbocycles. The van der Waals surface area contributed by atoms with Crippen LogP contribution in [0.5, 0.6) is 0 Å². The van der Waals surface area contributed by atoms with Gasteiger partial charge in [-0.05, 0) is 12.8 Å². The molecule has 1 aliphatic rings. The van der Waals surface area contributed by atoms with E-state index >= 15 is 0 Å². The van der Waals surface area contributed by atoms with Crippen LogP contribution in [0, 0.1) is 0 Å². The Morgan fingerprint density at radius 1 is 1.42 bits per heavy atom. The fourth-order valence-corrected chi connectivity index (χ4v) is 2.43. The highest BCUT2D eigenvalue weighted by Gasteiger charge is 2.50. The quantitative estimate of drug-likeness (QED) is 0.825. The standard InChI is InChI=1S/C11H17F3N2O3/c1-15-9(18)10(7-19-2)4-3-5-16(10)8(17)6-11(12,13)14/h3-7H2,1-2H3,(H,15,18). The zero-order valence-electron chi connectivity index (χ0n) is 10.8. The van der Waals surface area contributed by atoms with Crippen molar-refractivity contribution < 1.29 is 27.5 Å². The predicted molar refractivity (Wildman–Crippen MR) is 60.3 cm³/mol. The monoisotopic (exact) mass is 282 g/mol. The van der Waals surface area contributed by atoms with Gasteiger partial charge in [-0.1, -0.05) is 0 Å². The first-order valence-corrected chi connectivity index (χ1v) is 5.85. The third kappa shape index (κ3) is 3.37. The van der Waals surface area contributed by atoms with Gasteiger partial charge < -0.3 is 15.0 Å². The number of nitrogens with one attached hydrogen (secondary N) is 1. The average Bonchev–Trinajstić information content (AvgIpc) is 2.71. The smallest absolute Gasteiger partial charge is 0.382 e. The van der Waals surface area contributed by atoms with E-state index in [-0.39, 0.29) is 13.2 Å². The Labute approximate surface area is 109 Å². The fourth-order valence-electron chi connectivity index (χ4n) is 2.43. The lowest BCUT2D eigenvalue weighted by molar-refractivity contribution is -0.168. The van der Waals surface area contributed by atoms with Gasteiger partial charge in [0.25, 0.3) is 0 Å². The Morgan fingerprint density at radius 3 is 2.53 bits per heavy atom. The van der Waals surface area contributed by atoms with Gasteiger partial charge in [-0.25, -0.2) is 0 Å². The lowest BCUT2D eigenvalue weighted by atomic mass is 9.95. The summed E-state index contributed by atoms with van der Waals surface area (Å²) in [6.45, 7) is 0.0158. The molecule has 1 saturated heterocycles. The van der Waals surface area contributed by atoms with Crippen LogP contribution >= 0.6 is 0 Å². The third-order valence-electron chi connectivity index (χ3n) is 3.17. The van der Waals surface area contributed by atoms with E-state index in [4.69, 9.17) is 4.74 Å². The lowest BCUT2D eigenvalue weighted by Crippen LogP contribution is -2.59. The van der Waals surface area contributed by atoms with Crippen LogP contribution in [-0.2, 0) is 14.3 Å². The topological polar surface area (TPSA) is 58.6 Å². The van der Waals surface area contributed by atoms with Gasteiger partial charge in [0.2, 0.25) is 11.8 Å². The van der Waals surface area contributed by atoms with Crippen LogP contribution in [0.15, 0.2) is 0 Å². The molecule has 0 aromatic heterocycles. The minimum absolute atomic E-state index is 0.115. The zero-order chi connectivity index (χ0) is 14.7. The van der Waals surface area contributed by atoms with Gasteiger partial charge in [0, 0.05) is 20.7 Å². The molecular weight excluding hydrogens is 265 g/mol. The molecule has 0 saturated carbocycles. The Morgan fingerprint density at radius 2 is 2.05 bits per heavy atom. The molecule has 8 heteroatoms. The maximum Gasteiger partial charge on any atom is 0.397 e. The molecule has 1 aliphatic heterocycles. The number of hydrogen-bond acceptors (Lipinski definition) is 3. The van der Waals surface area contributed by atoms with Crippen molar-refractivity contribution in [2.24, 2.45) is 0 Å². The van der Waals surface area contributed by atoms with Gasteiger partial charge in [-0.15, -0.1) is 0 Å². The van der Waals surface area contributed by atoms with E-state index in [1.165, 1.54) is 14.2 Å². The molecule has 0 aromatic rings. The normalized spacial score (nSPS) is 23.5. The first-order chi connectivity index (χ1) is 8.77.